The van der Waals surface area contributed by atoms with Crippen LogP contribution in [0.15, 0.2) is 54.6 Å². The highest BCUT2D eigenvalue weighted by atomic mass is 32.2. The van der Waals surface area contributed by atoms with Gasteiger partial charge in [0.2, 0.25) is 0 Å². The first-order valence-electron chi connectivity index (χ1n) is 8.79. The summed E-state index contributed by atoms with van der Waals surface area (Å²) in [5, 5.41) is 0. The number of hydrogen-bond donors (Lipinski definition) is 1. The molecule has 0 saturated heterocycles. The lowest BCUT2D eigenvalue weighted by Crippen LogP contribution is -2.40. The van der Waals surface area contributed by atoms with Gasteiger partial charge in [0, 0.05) is 0 Å². The van der Waals surface area contributed by atoms with E-state index in [1.165, 1.54) is 0 Å². The van der Waals surface area contributed by atoms with Crippen molar-refractivity contribution < 1.29 is 13.7 Å². The van der Waals surface area contributed by atoms with E-state index in [2.05, 4.69) is 4.72 Å². The van der Waals surface area contributed by atoms with Gasteiger partial charge < -0.3 is 9.47 Å². The van der Waals surface area contributed by atoms with Crippen LogP contribution in [0, 0.1) is 0 Å². The van der Waals surface area contributed by atoms with E-state index in [1.54, 1.807) is 7.11 Å². The van der Waals surface area contributed by atoms with Gasteiger partial charge in [-0.1, -0.05) is 42.5 Å². The van der Waals surface area contributed by atoms with Gasteiger partial charge in [-0.25, -0.2) is 8.93 Å². The highest BCUT2D eigenvalue weighted by Crippen LogP contribution is 2.26. The molecular formula is C21H29NO3S. The molecule has 0 aliphatic carbocycles. The van der Waals surface area contributed by atoms with Crippen molar-refractivity contribution in [3.8, 4) is 5.75 Å². The number of ether oxygens (including phenoxy) is 2. The topological polar surface area (TPSA) is 47.6 Å². The fourth-order valence-corrected chi connectivity index (χ4v) is 3.37. The van der Waals surface area contributed by atoms with Crippen LogP contribution in [0.25, 0.3) is 0 Å². The summed E-state index contributed by atoms with van der Waals surface area (Å²) in [6.07, 6.45) is -0.173. The lowest BCUT2D eigenvalue weighted by molar-refractivity contribution is 0.0320. The summed E-state index contributed by atoms with van der Waals surface area (Å²) in [6.45, 7) is 8.36. The van der Waals surface area contributed by atoms with Gasteiger partial charge in [0.1, 0.15) is 5.75 Å². The largest absolute Gasteiger partial charge is 0.497 e. The molecule has 26 heavy (non-hydrogen) atoms. The number of benzene rings is 2. The number of rotatable bonds is 8. The molecule has 142 valence electrons. The summed E-state index contributed by atoms with van der Waals surface area (Å²) >= 11 is 0. The third-order valence-electron chi connectivity index (χ3n) is 4.07. The fraction of sp³-hybridized carbons (Fsp3) is 0.429. The second-order valence-corrected chi connectivity index (χ2v) is 9.25. The van der Waals surface area contributed by atoms with E-state index in [1.807, 2.05) is 82.3 Å². The van der Waals surface area contributed by atoms with Gasteiger partial charge in [-0.3, -0.25) is 0 Å². The summed E-state index contributed by atoms with van der Waals surface area (Å²) in [7, 11) is 0.427. The first-order chi connectivity index (χ1) is 12.3. The Bertz CT molecular complexity index is 713. The van der Waals surface area contributed by atoms with Gasteiger partial charge in [0.25, 0.3) is 0 Å². The van der Waals surface area contributed by atoms with Crippen molar-refractivity contribution in [2.45, 2.75) is 51.2 Å². The minimum absolute atomic E-state index is 0.173. The molecule has 0 amide bonds. The third-order valence-corrected chi connectivity index (χ3v) is 5.65. The Balaban J connectivity index is 2.19. The quantitative estimate of drug-likeness (QED) is 0.744. The van der Waals surface area contributed by atoms with Crippen molar-refractivity contribution in [2.75, 3.05) is 7.11 Å². The molecule has 3 atom stereocenters. The number of methoxy groups -OCH3 is 1. The van der Waals surface area contributed by atoms with E-state index in [4.69, 9.17) is 9.47 Å². The maximum atomic E-state index is 12.7. The molecule has 0 heterocycles. The average molecular weight is 376 g/mol. The summed E-state index contributed by atoms with van der Waals surface area (Å²) in [4.78, 5) is 0. The Morgan fingerprint density at radius 2 is 1.77 bits per heavy atom. The zero-order valence-electron chi connectivity index (χ0n) is 16.2. The van der Waals surface area contributed by atoms with Gasteiger partial charge in [-0.05, 0) is 51.0 Å². The van der Waals surface area contributed by atoms with Gasteiger partial charge >= 0.3 is 0 Å². The predicted molar refractivity (Wildman–Crippen MR) is 107 cm³/mol. The highest BCUT2D eigenvalue weighted by molar-refractivity contribution is 7.84. The summed E-state index contributed by atoms with van der Waals surface area (Å²) in [5.74, 6) is 0.770. The monoisotopic (exact) mass is 375 g/mol. The van der Waals surface area contributed by atoms with Crippen LogP contribution < -0.4 is 9.46 Å². The van der Waals surface area contributed by atoms with Crippen LogP contribution >= 0.6 is 0 Å². The van der Waals surface area contributed by atoms with Gasteiger partial charge in [-0.15, -0.1) is 0 Å². The van der Waals surface area contributed by atoms with Crippen LogP contribution in [-0.4, -0.2) is 22.2 Å². The molecule has 1 N–H and O–H groups in total. The number of nitrogens with one attached hydrogen (secondary N) is 1. The number of hydrogen-bond acceptors (Lipinski definition) is 3. The lowest BCUT2D eigenvalue weighted by atomic mass is 10.0. The summed E-state index contributed by atoms with van der Waals surface area (Å²) in [6, 6.07) is 17.6. The molecule has 4 nitrogen and oxygen atoms in total. The molecule has 0 unspecified atom stereocenters. The molecule has 0 radical (unpaired) electrons. The van der Waals surface area contributed by atoms with Gasteiger partial charge in [0.15, 0.2) is 0 Å². The van der Waals surface area contributed by atoms with E-state index in [9.17, 15) is 4.21 Å². The average Bonchev–Trinajstić information content (AvgIpc) is 2.64. The molecule has 0 aliphatic heterocycles. The van der Waals surface area contributed by atoms with E-state index >= 15 is 0 Å². The second-order valence-electron chi connectivity index (χ2n) is 7.25. The van der Waals surface area contributed by atoms with E-state index in [0.29, 0.717) is 6.61 Å². The second kappa shape index (κ2) is 9.31. The van der Waals surface area contributed by atoms with Gasteiger partial charge in [0.05, 0.1) is 41.6 Å². The van der Waals surface area contributed by atoms with E-state index in [0.717, 1.165) is 16.9 Å². The van der Waals surface area contributed by atoms with E-state index < -0.39 is 11.0 Å². The Hall–Kier alpha value is -1.69. The highest BCUT2D eigenvalue weighted by Gasteiger charge is 2.27. The van der Waals surface area contributed by atoms with Crippen LogP contribution in [0.5, 0.6) is 5.75 Å². The summed E-state index contributed by atoms with van der Waals surface area (Å²) in [5.41, 5.74) is 2.10. The standard InChI is InChI=1S/C21H29NO3S/c1-16(25-15-17-10-7-6-8-11-17)20(22-26(23)21(2,3)4)18-12-9-13-19(14-18)24-5/h6-14,16,20,22H,15H2,1-5H3/t16-,20+,26-/m0/s1. The Morgan fingerprint density at radius 3 is 2.38 bits per heavy atom. The molecule has 0 saturated carbocycles. The van der Waals surface area contributed by atoms with Crippen molar-refractivity contribution >= 4 is 11.0 Å². The Morgan fingerprint density at radius 1 is 1.08 bits per heavy atom. The maximum absolute atomic E-state index is 12.7. The van der Waals surface area contributed by atoms with Crippen LogP contribution in [-0.2, 0) is 22.3 Å². The zero-order chi connectivity index (χ0) is 19.2. The first-order valence-corrected chi connectivity index (χ1v) is 9.94. The normalized spacial score (nSPS) is 15.3. The SMILES string of the molecule is COc1cccc([C@H](N[S@@](=O)C(C)(C)C)[C@H](C)OCc2ccccc2)c1. The van der Waals surface area contributed by atoms with Crippen LogP contribution in [0.2, 0.25) is 0 Å². The summed E-state index contributed by atoms with van der Waals surface area (Å²) < 4.78 is 27.0. The maximum Gasteiger partial charge on any atom is 0.119 e. The lowest BCUT2D eigenvalue weighted by Gasteiger charge is -2.29. The third kappa shape index (κ3) is 5.94. The first kappa shape index (κ1) is 20.6. The molecule has 0 aromatic heterocycles. The van der Waals surface area contributed by atoms with Gasteiger partial charge in [-0.2, -0.15) is 0 Å². The Labute approximate surface area is 159 Å². The van der Waals surface area contributed by atoms with Crippen LogP contribution in [0.3, 0.4) is 0 Å². The molecule has 5 heteroatoms. The molecule has 0 bridgehead atoms. The molecule has 0 spiro atoms. The molecule has 2 rings (SSSR count). The van der Waals surface area contributed by atoms with Crippen molar-refractivity contribution in [3.63, 3.8) is 0 Å². The molecule has 0 fully saturated rings. The van der Waals surface area contributed by atoms with E-state index in [-0.39, 0.29) is 16.9 Å². The molecule has 2 aromatic carbocycles. The fourth-order valence-electron chi connectivity index (χ4n) is 2.46. The van der Waals surface area contributed by atoms with Crippen molar-refractivity contribution in [3.05, 3.63) is 65.7 Å². The predicted octanol–water partition coefficient (Wildman–Crippen LogP) is 4.39. The molecule has 2 aromatic rings. The zero-order valence-corrected chi connectivity index (χ0v) is 17.0. The smallest absolute Gasteiger partial charge is 0.119 e. The minimum atomic E-state index is -1.22. The Kier molecular flexibility index (Phi) is 7.38. The minimum Gasteiger partial charge on any atom is -0.497 e. The van der Waals surface area contributed by atoms with Crippen LogP contribution in [0.1, 0.15) is 44.9 Å². The molecular weight excluding hydrogens is 346 g/mol. The molecule has 0 aliphatic rings. The van der Waals surface area contributed by atoms with Crippen molar-refractivity contribution in [2.24, 2.45) is 0 Å². The van der Waals surface area contributed by atoms with Crippen molar-refractivity contribution in [1.82, 2.24) is 4.72 Å². The van der Waals surface area contributed by atoms with Crippen molar-refractivity contribution in [1.29, 1.82) is 0 Å². The van der Waals surface area contributed by atoms with Crippen LogP contribution in [0.4, 0.5) is 0 Å².